The Kier molecular flexibility index (Phi) is 4.51. The Morgan fingerprint density at radius 1 is 1.24 bits per heavy atom. The van der Waals surface area contributed by atoms with E-state index in [0.717, 1.165) is 26.1 Å². The number of hydrogen-bond acceptors (Lipinski definition) is 6. The van der Waals surface area contributed by atoms with Crippen LogP contribution in [-0.2, 0) is 0 Å². The molecule has 0 saturated carbocycles. The predicted molar refractivity (Wildman–Crippen MR) is 83.7 cm³/mol. The highest BCUT2D eigenvalue weighted by molar-refractivity contribution is 7.08. The number of hydrogen-bond donors (Lipinski definition) is 3. The molecule has 0 spiro atoms. The number of rotatable bonds is 3. The summed E-state index contributed by atoms with van der Waals surface area (Å²) in [7, 11) is 0. The van der Waals surface area contributed by atoms with Gasteiger partial charge in [-0.25, -0.2) is 0 Å². The smallest absolute Gasteiger partial charge is 0.108 e. The molecule has 2 fully saturated rings. The zero-order chi connectivity index (χ0) is 15.0. The molecule has 2 saturated heterocycles. The largest absolute Gasteiger partial charge is 0.389 e. The first kappa shape index (κ1) is 15.2. The molecule has 6 heteroatoms. The van der Waals surface area contributed by atoms with Gasteiger partial charge in [0, 0.05) is 43.3 Å². The lowest BCUT2D eigenvalue weighted by molar-refractivity contribution is -0.134. The average molecular weight is 312 g/mol. The number of β-amino-alcohol motifs (C(OH)–C–C–N with tert-alkyl or cyclic N) is 1. The van der Waals surface area contributed by atoms with Crippen LogP contribution in [-0.4, -0.2) is 70.8 Å². The maximum atomic E-state index is 10.0. The lowest BCUT2D eigenvalue weighted by Gasteiger charge is -2.43. The van der Waals surface area contributed by atoms with Gasteiger partial charge < -0.3 is 20.2 Å². The Balaban J connectivity index is 1.57. The van der Waals surface area contributed by atoms with E-state index in [1.165, 1.54) is 5.69 Å². The van der Waals surface area contributed by atoms with Crippen molar-refractivity contribution >= 4 is 17.0 Å². The molecule has 0 bridgehead atoms. The average Bonchev–Trinajstić information content (AvgIpc) is 3.13. The molecule has 0 amide bonds. The zero-order valence-corrected chi connectivity index (χ0v) is 13.1. The standard InChI is InChI=1S/C15H24N2O3S/c1-10-14(19)15(20)13(18)8-17(10)7-11-2-4-16(6-11)12-3-5-21-9-12/h3,5,9-11,13-15,18-20H,2,4,6-8H2,1H3/t10-,11+,13+,14-,15-/m1/s1. The van der Waals surface area contributed by atoms with Gasteiger partial charge in [-0.05, 0) is 30.7 Å². The van der Waals surface area contributed by atoms with Crippen molar-refractivity contribution in [2.24, 2.45) is 5.92 Å². The van der Waals surface area contributed by atoms with Crippen molar-refractivity contribution in [3.8, 4) is 0 Å². The Morgan fingerprint density at radius 3 is 2.76 bits per heavy atom. The number of thiophene rings is 1. The van der Waals surface area contributed by atoms with Gasteiger partial charge in [0.25, 0.3) is 0 Å². The minimum Gasteiger partial charge on any atom is -0.389 e. The maximum absolute atomic E-state index is 10.0. The monoisotopic (exact) mass is 312 g/mol. The van der Waals surface area contributed by atoms with Gasteiger partial charge in [-0.1, -0.05) is 0 Å². The van der Waals surface area contributed by atoms with E-state index in [1.54, 1.807) is 11.3 Å². The van der Waals surface area contributed by atoms with E-state index in [4.69, 9.17) is 0 Å². The van der Waals surface area contributed by atoms with Crippen molar-refractivity contribution in [1.29, 1.82) is 0 Å². The number of aliphatic hydroxyl groups is 3. The molecule has 1 aromatic heterocycles. The van der Waals surface area contributed by atoms with E-state index in [0.29, 0.717) is 12.5 Å². The lowest BCUT2D eigenvalue weighted by Crippen LogP contribution is -2.60. The molecule has 3 rings (SSSR count). The second kappa shape index (κ2) is 6.22. The number of likely N-dealkylation sites (tertiary alicyclic amines) is 1. The van der Waals surface area contributed by atoms with Gasteiger partial charge in [0.2, 0.25) is 0 Å². The highest BCUT2D eigenvalue weighted by Gasteiger charge is 2.40. The van der Waals surface area contributed by atoms with Gasteiger partial charge in [0.05, 0.1) is 12.2 Å². The summed E-state index contributed by atoms with van der Waals surface area (Å²) in [5, 5.41) is 33.9. The summed E-state index contributed by atoms with van der Waals surface area (Å²) in [6, 6.07) is 2.04. The van der Waals surface area contributed by atoms with E-state index in [1.807, 2.05) is 6.92 Å². The quantitative estimate of drug-likeness (QED) is 0.752. The molecule has 0 aliphatic carbocycles. The first-order valence-electron chi connectivity index (χ1n) is 7.61. The van der Waals surface area contributed by atoms with Crippen molar-refractivity contribution in [3.05, 3.63) is 16.8 Å². The number of piperidine rings is 1. The Morgan fingerprint density at radius 2 is 2.05 bits per heavy atom. The molecule has 21 heavy (non-hydrogen) atoms. The summed E-state index contributed by atoms with van der Waals surface area (Å²) < 4.78 is 0. The fraction of sp³-hybridized carbons (Fsp3) is 0.733. The van der Waals surface area contributed by atoms with E-state index in [2.05, 4.69) is 26.6 Å². The third-order valence-corrected chi connectivity index (χ3v) is 5.56. The lowest BCUT2D eigenvalue weighted by atomic mass is 9.93. The van der Waals surface area contributed by atoms with Gasteiger partial charge in [-0.3, -0.25) is 4.90 Å². The number of aliphatic hydroxyl groups excluding tert-OH is 3. The molecule has 3 N–H and O–H groups in total. The minimum atomic E-state index is -1.03. The molecule has 3 heterocycles. The SMILES string of the molecule is C[C@@H]1[C@@H](O)[C@H](O)[C@@H](O)CN1C[C@H]1CCN(c2ccsc2)C1. The van der Waals surface area contributed by atoms with Gasteiger partial charge in [-0.15, -0.1) is 0 Å². The molecule has 5 nitrogen and oxygen atoms in total. The summed E-state index contributed by atoms with van der Waals surface area (Å²) in [6.45, 7) is 5.31. The molecule has 118 valence electrons. The van der Waals surface area contributed by atoms with Crippen LogP contribution in [0.2, 0.25) is 0 Å². The van der Waals surface area contributed by atoms with Crippen LogP contribution < -0.4 is 4.90 Å². The molecular weight excluding hydrogens is 288 g/mol. The summed E-state index contributed by atoms with van der Waals surface area (Å²) >= 11 is 1.72. The van der Waals surface area contributed by atoms with Crippen molar-refractivity contribution in [1.82, 2.24) is 4.90 Å². The normalized spacial score (nSPS) is 38.1. The van der Waals surface area contributed by atoms with Crippen LogP contribution in [0.5, 0.6) is 0 Å². The van der Waals surface area contributed by atoms with E-state index >= 15 is 0 Å². The topological polar surface area (TPSA) is 67.2 Å². The van der Waals surface area contributed by atoms with Gasteiger partial charge in [0.1, 0.15) is 6.10 Å². The Labute approximate surface area is 129 Å². The molecule has 2 aliphatic heterocycles. The fourth-order valence-corrected chi connectivity index (χ4v) is 4.13. The summed E-state index contributed by atoms with van der Waals surface area (Å²) in [5.41, 5.74) is 1.30. The number of nitrogens with zero attached hydrogens (tertiary/aromatic N) is 2. The van der Waals surface area contributed by atoms with Gasteiger partial charge in [-0.2, -0.15) is 11.3 Å². The van der Waals surface area contributed by atoms with Gasteiger partial charge >= 0.3 is 0 Å². The van der Waals surface area contributed by atoms with Crippen molar-refractivity contribution < 1.29 is 15.3 Å². The summed E-state index contributed by atoms with van der Waals surface area (Å²) in [5.74, 6) is 0.544. The Hall–Kier alpha value is -0.660. The summed E-state index contributed by atoms with van der Waals surface area (Å²) in [6.07, 6.45) is -1.62. The first-order valence-corrected chi connectivity index (χ1v) is 8.56. The van der Waals surface area contributed by atoms with Crippen LogP contribution in [0.1, 0.15) is 13.3 Å². The van der Waals surface area contributed by atoms with Crippen LogP contribution in [0.4, 0.5) is 5.69 Å². The second-order valence-electron chi connectivity index (χ2n) is 6.33. The molecule has 0 unspecified atom stereocenters. The van der Waals surface area contributed by atoms with Crippen LogP contribution in [0, 0.1) is 5.92 Å². The third-order valence-electron chi connectivity index (χ3n) is 4.89. The molecular formula is C15H24N2O3S. The zero-order valence-electron chi connectivity index (χ0n) is 12.3. The van der Waals surface area contributed by atoms with Crippen molar-refractivity contribution in [3.63, 3.8) is 0 Å². The molecule has 0 aromatic carbocycles. The number of anilines is 1. The second-order valence-corrected chi connectivity index (χ2v) is 7.11. The van der Waals surface area contributed by atoms with Gasteiger partial charge in [0.15, 0.2) is 0 Å². The highest BCUT2D eigenvalue weighted by Crippen LogP contribution is 2.28. The summed E-state index contributed by atoms with van der Waals surface area (Å²) in [4.78, 5) is 4.52. The van der Waals surface area contributed by atoms with E-state index in [9.17, 15) is 15.3 Å². The Bertz CT molecular complexity index is 456. The first-order chi connectivity index (χ1) is 10.1. The van der Waals surface area contributed by atoms with Crippen LogP contribution >= 0.6 is 11.3 Å². The molecule has 2 aliphatic rings. The van der Waals surface area contributed by atoms with Crippen molar-refractivity contribution in [2.45, 2.75) is 37.7 Å². The van der Waals surface area contributed by atoms with Crippen LogP contribution in [0.3, 0.4) is 0 Å². The van der Waals surface area contributed by atoms with E-state index in [-0.39, 0.29) is 6.04 Å². The van der Waals surface area contributed by atoms with E-state index < -0.39 is 18.3 Å². The van der Waals surface area contributed by atoms with Crippen LogP contribution in [0.25, 0.3) is 0 Å². The fourth-order valence-electron chi connectivity index (χ4n) is 3.47. The van der Waals surface area contributed by atoms with Crippen molar-refractivity contribution in [2.75, 3.05) is 31.1 Å². The predicted octanol–water partition coefficient (Wildman–Crippen LogP) is 0.361. The molecule has 1 aromatic rings. The molecule has 0 radical (unpaired) electrons. The molecule has 5 atom stereocenters. The minimum absolute atomic E-state index is 0.112. The third kappa shape index (κ3) is 3.10. The van der Waals surface area contributed by atoms with Crippen LogP contribution in [0.15, 0.2) is 16.8 Å². The highest BCUT2D eigenvalue weighted by atomic mass is 32.1. The maximum Gasteiger partial charge on any atom is 0.108 e.